The zero-order valence-corrected chi connectivity index (χ0v) is 14.8. The summed E-state index contributed by atoms with van der Waals surface area (Å²) in [5.41, 5.74) is -0.0562. The van der Waals surface area contributed by atoms with Gasteiger partial charge >= 0.3 is 12.1 Å². The second-order valence-corrected chi connectivity index (χ2v) is 6.05. The lowest BCUT2D eigenvalue weighted by atomic mass is 10.2. The zero-order chi connectivity index (χ0) is 18.2. The molecule has 0 saturated heterocycles. The highest BCUT2D eigenvalue weighted by Gasteiger charge is 2.22. The molecular formula is C17H25NO6. The summed E-state index contributed by atoms with van der Waals surface area (Å²) < 4.78 is 20.7. The van der Waals surface area contributed by atoms with Crippen molar-refractivity contribution in [3.8, 4) is 5.75 Å². The molecule has 0 aliphatic rings. The Morgan fingerprint density at radius 2 is 1.75 bits per heavy atom. The molecule has 1 aromatic carbocycles. The number of rotatable bonds is 7. The Bertz CT molecular complexity index is 535. The molecule has 0 spiro atoms. The number of esters is 1. The Labute approximate surface area is 142 Å². The lowest BCUT2D eigenvalue weighted by Crippen LogP contribution is -2.36. The van der Waals surface area contributed by atoms with Gasteiger partial charge in [-0.05, 0) is 45.0 Å². The molecule has 0 aliphatic heterocycles. The molecule has 0 saturated carbocycles. The van der Waals surface area contributed by atoms with Crippen molar-refractivity contribution >= 4 is 12.1 Å². The first-order valence-electron chi connectivity index (χ1n) is 7.59. The minimum Gasteiger partial charge on any atom is -0.491 e. The first kappa shape index (κ1) is 19.8. The van der Waals surface area contributed by atoms with E-state index in [0.717, 1.165) is 0 Å². The van der Waals surface area contributed by atoms with Crippen LogP contribution in [0.4, 0.5) is 4.79 Å². The summed E-state index contributed by atoms with van der Waals surface area (Å²) in [6.07, 6.45) is -1.61. The van der Waals surface area contributed by atoms with Crippen LogP contribution in [0.2, 0.25) is 0 Å². The van der Waals surface area contributed by atoms with E-state index in [2.05, 4.69) is 5.32 Å². The molecule has 1 N–H and O–H groups in total. The largest absolute Gasteiger partial charge is 0.491 e. The van der Waals surface area contributed by atoms with Crippen molar-refractivity contribution in [1.82, 2.24) is 5.32 Å². The Morgan fingerprint density at radius 1 is 1.12 bits per heavy atom. The molecule has 0 heterocycles. The lowest BCUT2D eigenvalue weighted by Gasteiger charge is -2.23. The van der Waals surface area contributed by atoms with Crippen LogP contribution in [0, 0.1) is 0 Å². The smallest absolute Gasteiger partial charge is 0.410 e. The van der Waals surface area contributed by atoms with Crippen LogP contribution in [0.15, 0.2) is 24.3 Å². The second-order valence-electron chi connectivity index (χ2n) is 6.05. The molecule has 0 radical (unpaired) electrons. The van der Waals surface area contributed by atoms with E-state index in [9.17, 15) is 9.59 Å². The van der Waals surface area contributed by atoms with E-state index in [1.54, 1.807) is 52.1 Å². The summed E-state index contributed by atoms with van der Waals surface area (Å²) in [5, 5.41) is 2.53. The number of benzene rings is 1. The van der Waals surface area contributed by atoms with Crippen LogP contribution in [0.3, 0.4) is 0 Å². The van der Waals surface area contributed by atoms with E-state index in [0.29, 0.717) is 24.5 Å². The van der Waals surface area contributed by atoms with E-state index in [1.165, 1.54) is 6.92 Å². The first-order valence-corrected chi connectivity index (χ1v) is 7.59. The molecule has 1 unspecified atom stereocenters. The molecule has 0 aromatic heterocycles. The van der Waals surface area contributed by atoms with Gasteiger partial charge in [-0.3, -0.25) is 10.1 Å². The molecular weight excluding hydrogens is 314 g/mol. The van der Waals surface area contributed by atoms with Crippen molar-refractivity contribution in [1.29, 1.82) is 0 Å². The molecule has 1 aromatic rings. The molecule has 7 nitrogen and oxygen atoms in total. The summed E-state index contributed by atoms with van der Waals surface area (Å²) in [6, 6.07) is 6.84. The number of amides is 1. The van der Waals surface area contributed by atoms with Crippen molar-refractivity contribution < 1.29 is 28.5 Å². The van der Waals surface area contributed by atoms with Gasteiger partial charge in [-0.1, -0.05) is 0 Å². The SMILES string of the molecule is COCCOc1ccc(C(NC(=O)OC(C)(C)C)OC(C)=O)cc1. The Hall–Kier alpha value is -2.28. The van der Waals surface area contributed by atoms with Gasteiger partial charge in [0.25, 0.3) is 0 Å². The first-order chi connectivity index (χ1) is 11.2. The maximum absolute atomic E-state index is 11.9. The van der Waals surface area contributed by atoms with Crippen LogP contribution in [0.5, 0.6) is 5.75 Å². The third-order valence-corrected chi connectivity index (χ3v) is 2.67. The summed E-state index contributed by atoms with van der Waals surface area (Å²) in [5.74, 6) is 0.131. The quantitative estimate of drug-likeness (QED) is 0.467. The fourth-order valence-corrected chi connectivity index (χ4v) is 1.74. The molecule has 0 aliphatic carbocycles. The van der Waals surface area contributed by atoms with Gasteiger partial charge in [-0.15, -0.1) is 0 Å². The van der Waals surface area contributed by atoms with Crippen LogP contribution < -0.4 is 10.1 Å². The van der Waals surface area contributed by atoms with E-state index in [4.69, 9.17) is 18.9 Å². The predicted molar refractivity (Wildman–Crippen MR) is 87.7 cm³/mol. The Balaban J connectivity index is 2.76. The molecule has 1 rings (SSSR count). The number of nitrogens with one attached hydrogen (secondary N) is 1. The maximum atomic E-state index is 11.9. The Kier molecular flexibility index (Phi) is 7.51. The van der Waals surface area contributed by atoms with E-state index >= 15 is 0 Å². The van der Waals surface area contributed by atoms with Crippen molar-refractivity contribution in [2.24, 2.45) is 0 Å². The summed E-state index contributed by atoms with van der Waals surface area (Å²) >= 11 is 0. The van der Waals surface area contributed by atoms with Crippen molar-refractivity contribution in [2.75, 3.05) is 20.3 Å². The zero-order valence-electron chi connectivity index (χ0n) is 14.8. The maximum Gasteiger partial charge on any atom is 0.410 e. The van der Waals surface area contributed by atoms with Gasteiger partial charge < -0.3 is 18.9 Å². The summed E-state index contributed by atoms with van der Waals surface area (Å²) in [4.78, 5) is 23.2. The number of methoxy groups -OCH3 is 1. The standard InChI is InChI=1S/C17H25NO6/c1-12(19)23-15(18-16(20)24-17(2,3)4)13-6-8-14(9-7-13)22-11-10-21-5/h6-9,15H,10-11H2,1-5H3,(H,18,20). The van der Waals surface area contributed by atoms with Gasteiger partial charge in [0, 0.05) is 19.6 Å². The fraction of sp³-hybridized carbons (Fsp3) is 0.529. The monoisotopic (exact) mass is 339 g/mol. The molecule has 24 heavy (non-hydrogen) atoms. The lowest BCUT2D eigenvalue weighted by molar-refractivity contribution is -0.148. The summed E-state index contributed by atoms with van der Waals surface area (Å²) in [7, 11) is 1.60. The number of ether oxygens (including phenoxy) is 4. The van der Waals surface area contributed by atoms with Crippen LogP contribution in [0.1, 0.15) is 39.5 Å². The van der Waals surface area contributed by atoms with Gasteiger partial charge in [-0.25, -0.2) is 4.79 Å². The van der Waals surface area contributed by atoms with Crippen LogP contribution in [0.25, 0.3) is 0 Å². The second kappa shape index (κ2) is 9.12. The van der Waals surface area contributed by atoms with E-state index < -0.39 is 23.9 Å². The van der Waals surface area contributed by atoms with Crippen LogP contribution >= 0.6 is 0 Å². The number of hydrogen-bond donors (Lipinski definition) is 1. The minimum absolute atomic E-state index is 0.430. The Morgan fingerprint density at radius 3 is 2.25 bits per heavy atom. The highest BCUT2D eigenvalue weighted by molar-refractivity contribution is 5.70. The van der Waals surface area contributed by atoms with Gasteiger partial charge in [0.2, 0.25) is 6.23 Å². The number of alkyl carbamates (subject to hydrolysis) is 1. The van der Waals surface area contributed by atoms with Crippen LogP contribution in [-0.4, -0.2) is 38.0 Å². The molecule has 7 heteroatoms. The predicted octanol–water partition coefficient (Wildman–Crippen LogP) is 2.80. The van der Waals surface area contributed by atoms with E-state index in [-0.39, 0.29) is 0 Å². The van der Waals surface area contributed by atoms with Crippen LogP contribution in [-0.2, 0) is 19.0 Å². The fourth-order valence-electron chi connectivity index (χ4n) is 1.74. The highest BCUT2D eigenvalue weighted by atomic mass is 16.6. The third kappa shape index (κ3) is 7.82. The van der Waals surface area contributed by atoms with Crippen molar-refractivity contribution in [3.63, 3.8) is 0 Å². The molecule has 1 amide bonds. The average Bonchev–Trinajstić information content (AvgIpc) is 2.45. The molecule has 0 fully saturated rings. The molecule has 134 valence electrons. The normalized spacial score (nSPS) is 12.2. The van der Waals surface area contributed by atoms with E-state index in [1.807, 2.05) is 0 Å². The number of carbonyl (C=O) groups excluding carboxylic acids is 2. The molecule has 0 bridgehead atoms. The minimum atomic E-state index is -0.939. The van der Waals surface area contributed by atoms with Crippen molar-refractivity contribution in [2.45, 2.75) is 39.5 Å². The summed E-state index contributed by atoms with van der Waals surface area (Å²) in [6.45, 7) is 7.43. The van der Waals surface area contributed by atoms with Crippen molar-refractivity contribution in [3.05, 3.63) is 29.8 Å². The number of hydrogen-bond acceptors (Lipinski definition) is 6. The van der Waals surface area contributed by atoms with Gasteiger partial charge in [0.15, 0.2) is 0 Å². The third-order valence-electron chi connectivity index (χ3n) is 2.67. The molecule has 1 atom stereocenters. The topological polar surface area (TPSA) is 83.1 Å². The van der Waals surface area contributed by atoms with Gasteiger partial charge in [-0.2, -0.15) is 0 Å². The van der Waals surface area contributed by atoms with Gasteiger partial charge in [0.05, 0.1) is 6.61 Å². The number of carbonyl (C=O) groups is 2. The van der Waals surface area contributed by atoms with Gasteiger partial charge in [0.1, 0.15) is 18.0 Å². The highest BCUT2D eigenvalue weighted by Crippen LogP contribution is 2.20. The average molecular weight is 339 g/mol.